The predicted octanol–water partition coefficient (Wildman–Crippen LogP) is 2.10. The molecule has 1 unspecified atom stereocenters. The first kappa shape index (κ1) is 16.3. The van der Waals surface area contributed by atoms with E-state index in [9.17, 15) is 5.11 Å². The van der Waals surface area contributed by atoms with Crippen LogP contribution in [0.3, 0.4) is 0 Å². The van der Waals surface area contributed by atoms with Gasteiger partial charge in [-0.1, -0.05) is 26.2 Å². The lowest BCUT2D eigenvalue weighted by Crippen LogP contribution is -2.42. The summed E-state index contributed by atoms with van der Waals surface area (Å²) in [5, 5.41) is 14.8. The van der Waals surface area contributed by atoms with Gasteiger partial charge in [0.15, 0.2) is 0 Å². The van der Waals surface area contributed by atoms with Crippen LogP contribution in [0, 0.1) is 13.8 Å². The number of nitrogens with zero attached hydrogens (tertiary/aromatic N) is 3. The van der Waals surface area contributed by atoms with Crippen LogP contribution in [0.15, 0.2) is 0 Å². The van der Waals surface area contributed by atoms with Crippen LogP contribution in [-0.2, 0) is 6.54 Å². The van der Waals surface area contributed by atoms with Crippen molar-refractivity contribution in [3.63, 3.8) is 0 Å². The van der Waals surface area contributed by atoms with Gasteiger partial charge in [0.25, 0.3) is 0 Å². The second-order valence-electron chi connectivity index (χ2n) is 6.30. The number of anilines is 1. The van der Waals surface area contributed by atoms with Crippen LogP contribution in [0.1, 0.15) is 50.4 Å². The third kappa shape index (κ3) is 3.98. The molecule has 0 amide bonds. The van der Waals surface area contributed by atoms with E-state index in [1.165, 1.54) is 32.1 Å². The van der Waals surface area contributed by atoms with E-state index in [-0.39, 0.29) is 0 Å². The maximum absolute atomic E-state index is 10.4. The van der Waals surface area contributed by atoms with Crippen LogP contribution in [0.4, 0.5) is 5.69 Å². The summed E-state index contributed by atoms with van der Waals surface area (Å²) in [5.41, 5.74) is 8.48. The Morgan fingerprint density at radius 2 is 2.00 bits per heavy atom. The van der Waals surface area contributed by atoms with Crippen molar-refractivity contribution in [2.45, 2.75) is 71.6 Å². The van der Waals surface area contributed by atoms with Crippen LogP contribution in [0.2, 0.25) is 0 Å². The number of likely N-dealkylation sites (N-methyl/N-ethyl adjacent to an activating group) is 1. The van der Waals surface area contributed by atoms with Crippen molar-refractivity contribution in [2.75, 3.05) is 18.8 Å². The van der Waals surface area contributed by atoms with Gasteiger partial charge >= 0.3 is 0 Å². The zero-order chi connectivity index (χ0) is 15.4. The van der Waals surface area contributed by atoms with Gasteiger partial charge in [0, 0.05) is 12.6 Å². The number of hydrogen-bond acceptors (Lipinski definition) is 4. The van der Waals surface area contributed by atoms with E-state index in [0.717, 1.165) is 30.2 Å². The standard InChI is InChI=1S/C16H30N4O/c1-4-19(14-8-6-5-7-9-14)10-15(21)11-20-13(3)16(17)12(2)18-20/h14-15,21H,4-11,17H2,1-3H3. The summed E-state index contributed by atoms with van der Waals surface area (Å²) in [6, 6.07) is 0.643. The SMILES string of the molecule is CCN(CC(O)Cn1nc(C)c(N)c1C)C1CCCCC1. The molecule has 1 saturated carbocycles. The highest BCUT2D eigenvalue weighted by Gasteiger charge is 2.22. The molecular formula is C16H30N4O. The minimum atomic E-state index is -0.399. The third-order valence-electron chi connectivity index (χ3n) is 4.76. The predicted molar refractivity (Wildman–Crippen MR) is 86.2 cm³/mol. The van der Waals surface area contributed by atoms with Gasteiger partial charge < -0.3 is 10.8 Å². The average Bonchev–Trinajstić information content (AvgIpc) is 2.73. The van der Waals surface area contributed by atoms with Crippen molar-refractivity contribution in [3.8, 4) is 0 Å². The fraction of sp³-hybridized carbons (Fsp3) is 0.812. The molecule has 2 rings (SSSR count). The summed E-state index contributed by atoms with van der Waals surface area (Å²) in [4.78, 5) is 2.43. The van der Waals surface area contributed by atoms with Gasteiger partial charge in [0.05, 0.1) is 29.7 Å². The maximum atomic E-state index is 10.4. The highest BCUT2D eigenvalue weighted by molar-refractivity contribution is 5.46. The van der Waals surface area contributed by atoms with Crippen molar-refractivity contribution < 1.29 is 5.11 Å². The number of aromatic nitrogens is 2. The maximum Gasteiger partial charge on any atom is 0.0862 e. The molecule has 1 aliphatic rings. The molecule has 1 aromatic rings. The van der Waals surface area contributed by atoms with Crippen LogP contribution in [-0.4, -0.2) is 45.0 Å². The smallest absolute Gasteiger partial charge is 0.0862 e. The topological polar surface area (TPSA) is 67.3 Å². The minimum absolute atomic E-state index is 0.399. The van der Waals surface area contributed by atoms with Crippen molar-refractivity contribution in [2.24, 2.45) is 0 Å². The van der Waals surface area contributed by atoms with Gasteiger partial charge in [-0.15, -0.1) is 0 Å². The minimum Gasteiger partial charge on any atom is -0.396 e. The number of hydrogen-bond donors (Lipinski definition) is 2. The third-order valence-corrected chi connectivity index (χ3v) is 4.76. The second-order valence-corrected chi connectivity index (χ2v) is 6.30. The molecular weight excluding hydrogens is 264 g/mol. The number of aryl methyl sites for hydroxylation is 1. The molecule has 120 valence electrons. The lowest BCUT2D eigenvalue weighted by molar-refractivity contribution is 0.0644. The fourth-order valence-corrected chi connectivity index (χ4v) is 3.40. The van der Waals surface area contributed by atoms with Gasteiger partial charge in [0.2, 0.25) is 0 Å². The molecule has 3 N–H and O–H groups in total. The summed E-state index contributed by atoms with van der Waals surface area (Å²) >= 11 is 0. The Morgan fingerprint density at radius 1 is 1.33 bits per heavy atom. The Morgan fingerprint density at radius 3 is 2.52 bits per heavy atom. The molecule has 1 fully saturated rings. The molecule has 1 atom stereocenters. The van der Waals surface area contributed by atoms with Crippen molar-refractivity contribution in [1.29, 1.82) is 0 Å². The van der Waals surface area contributed by atoms with Gasteiger partial charge in [-0.25, -0.2) is 0 Å². The average molecular weight is 294 g/mol. The van der Waals surface area contributed by atoms with Gasteiger partial charge in [-0.3, -0.25) is 9.58 Å². The number of nitrogen functional groups attached to an aromatic ring is 1. The molecule has 0 aromatic carbocycles. The monoisotopic (exact) mass is 294 g/mol. The van der Waals surface area contributed by atoms with Crippen LogP contribution < -0.4 is 5.73 Å². The van der Waals surface area contributed by atoms with E-state index >= 15 is 0 Å². The van der Waals surface area contributed by atoms with E-state index in [4.69, 9.17) is 5.73 Å². The molecule has 21 heavy (non-hydrogen) atoms. The van der Waals surface area contributed by atoms with Gasteiger partial charge in [-0.2, -0.15) is 5.10 Å². The van der Waals surface area contributed by atoms with Gasteiger partial charge in [0.1, 0.15) is 0 Å². The first-order chi connectivity index (χ1) is 10.0. The van der Waals surface area contributed by atoms with Crippen molar-refractivity contribution >= 4 is 5.69 Å². The van der Waals surface area contributed by atoms with Gasteiger partial charge in [-0.05, 0) is 33.2 Å². The summed E-state index contributed by atoms with van der Waals surface area (Å²) in [6.07, 6.45) is 6.16. The Hall–Kier alpha value is -1.07. The molecule has 0 bridgehead atoms. The Balaban J connectivity index is 1.92. The Bertz CT molecular complexity index is 451. The van der Waals surface area contributed by atoms with E-state index in [1.807, 2.05) is 18.5 Å². The highest BCUT2D eigenvalue weighted by Crippen LogP contribution is 2.23. The molecule has 0 radical (unpaired) electrons. The van der Waals surface area contributed by atoms with Crippen molar-refractivity contribution in [3.05, 3.63) is 11.4 Å². The van der Waals surface area contributed by atoms with Crippen LogP contribution in [0.25, 0.3) is 0 Å². The number of rotatable bonds is 6. The normalized spacial score (nSPS) is 18.3. The molecule has 0 saturated heterocycles. The highest BCUT2D eigenvalue weighted by atomic mass is 16.3. The summed E-state index contributed by atoms with van der Waals surface area (Å²) in [7, 11) is 0. The van der Waals surface area contributed by atoms with E-state index in [2.05, 4.69) is 16.9 Å². The second kappa shape index (κ2) is 7.27. The van der Waals surface area contributed by atoms with E-state index in [0.29, 0.717) is 12.6 Å². The summed E-state index contributed by atoms with van der Waals surface area (Å²) in [6.45, 7) is 8.29. The molecule has 1 heterocycles. The van der Waals surface area contributed by atoms with E-state index in [1.54, 1.807) is 0 Å². The molecule has 0 spiro atoms. The number of aliphatic hydroxyl groups is 1. The molecule has 5 nitrogen and oxygen atoms in total. The van der Waals surface area contributed by atoms with Crippen molar-refractivity contribution in [1.82, 2.24) is 14.7 Å². The number of aliphatic hydroxyl groups excluding tert-OH is 1. The van der Waals surface area contributed by atoms with E-state index < -0.39 is 6.10 Å². The Kier molecular flexibility index (Phi) is 5.65. The molecule has 5 heteroatoms. The lowest BCUT2D eigenvalue weighted by Gasteiger charge is -2.34. The molecule has 1 aromatic heterocycles. The lowest BCUT2D eigenvalue weighted by atomic mass is 9.94. The zero-order valence-electron chi connectivity index (χ0n) is 13.7. The number of nitrogens with two attached hydrogens (primary N) is 1. The van der Waals surface area contributed by atoms with Crippen LogP contribution >= 0.6 is 0 Å². The largest absolute Gasteiger partial charge is 0.396 e. The fourth-order valence-electron chi connectivity index (χ4n) is 3.40. The summed E-state index contributed by atoms with van der Waals surface area (Å²) < 4.78 is 1.84. The zero-order valence-corrected chi connectivity index (χ0v) is 13.7. The first-order valence-electron chi connectivity index (χ1n) is 8.24. The summed E-state index contributed by atoms with van der Waals surface area (Å²) in [5.74, 6) is 0. The first-order valence-corrected chi connectivity index (χ1v) is 8.24. The van der Waals surface area contributed by atoms with Crippen LogP contribution in [0.5, 0.6) is 0 Å². The quantitative estimate of drug-likeness (QED) is 0.843. The Labute approximate surface area is 128 Å². The molecule has 0 aliphatic heterocycles. The molecule has 1 aliphatic carbocycles.